The Labute approximate surface area is 127 Å². The molecule has 2 atom stereocenters. The lowest BCUT2D eigenvalue weighted by Gasteiger charge is -2.24. The SMILES string of the molecule is CC(NC(=O)C1CSCCN1)c1ccc(Cl)c(Cl)c1. The summed E-state index contributed by atoms with van der Waals surface area (Å²) < 4.78 is 0. The van der Waals surface area contributed by atoms with E-state index in [2.05, 4.69) is 10.6 Å². The molecule has 0 bridgehead atoms. The van der Waals surface area contributed by atoms with E-state index in [0.29, 0.717) is 10.0 Å². The first-order valence-corrected chi connectivity index (χ1v) is 8.05. The van der Waals surface area contributed by atoms with Crippen LogP contribution in [0.15, 0.2) is 18.2 Å². The molecule has 1 aromatic rings. The van der Waals surface area contributed by atoms with Crippen LogP contribution in [0.3, 0.4) is 0 Å². The van der Waals surface area contributed by atoms with Gasteiger partial charge in [-0.15, -0.1) is 0 Å². The maximum atomic E-state index is 12.1. The molecule has 2 N–H and O–H groups in total. The zero-order valence-electron chi connectivity index (χ0n) is 10.6. The number of nitrogens with one attached hydrogen (secondary N) is 2. The van der Waals surface area contributed by atoms with Gasteiger partial charge in [-0.25, -0.2) is 0 Å². The molecular formula is C13H16Cl2N2OS. The van der Waals surface area contributed by atoms with E-state index in [9.17, 15) is 4.79 Å². The maximum absolute atomic E-state index is 12.1. The van der Waals surface area contributed by atoms with Crippen molar-refractivity contribution in [3.8, 4) is 0 Å². The second kappa shape index (κ2) is 6.84. The number of carbonyl (C=O) groups excluding carboxylic acids is 1. The van der Waals surface area contributed by atoms with Crippen LogP contribution >= 0.6 is 35.0 Å². The van der Waals surface area contributed by atoms with Crippen molar-refractivity contribution < 1.29 is 4.79 Å². The van der Waals surface area contributed by atoms with Gasteiger partial charge in [0.25, 0.3) is 0 Å². The summed E-state index contributed by atoms with van der Waals surface area (Å²) in [7, 11) is 0. The van der Waals surface area contributed by atoms with Crippen LogP contribution in [0.2, 0.25) is 10.0 Å². The van der Waals surface area contributed by atoms with Crippen molar-refractivity contribution in [2.24, 2.45) is 0 Å². The fourth-order valence-corrected chi connectivity index (χ4v) is 3.15. The minimum atomic E-state index is -0.107. The van der Waals surface area contributed by atoms with E-state index in [0.717, 1.165) is 23.6 Å². The summed E-state index contributed by atoms with van der Waals surface area (Å²) in [6, 6.07) is 5.22. The third-order valence-corrected chi connectivity index (χ3v) is 4.84. The Bertz CT molecular complexity index is 464. The molecule has 19 heavy (non-hydrogen) atoms. The number of hydrogen-bond acceptors (Lipinski definition) is 3. The van der Waals surface area contributed by atoms with Gasteiger partial charge in [-0.2, -0.15) is 11.8 Å². The van der Waals surface area contributed by atoms with Crippen molar-refractivity contribution in [3.05, 3.63) is 33.8 Å². The molecule has 3 nitrogen and oxygen atoms in total. The summed E-state index contributed by atoms with van der Waals surface area (Å²) in [5, 5.41) is 7.24. The second-order valence-electron chi connectivity index (χ2n) is 4.49. The minimum Gasteiger partial charge on any atom is -0.348 e. The molecule has 2 unspecified atom stereocenters. The van der Waals surface area contributed by atoms with Gasteiger partial charge in [0.2, 0.25) is 5.91 Å². The monoisotopic (exact) mass is 318 g/mol. The minimum absolute atomic E-state index is 0.0331. The van der Waals surface area contributed by atoms with Crippen molar-refractivity contribution in [3.63, 3.8) is 0 Å². The third-order valence-electron chi connectivity index (χ3n) is 3.04. The first-order chi connectivity index (χ1) is 9.08. The van der Waals surface area contributed by atoms with Gasteiger partial charge >= 0.3 is 0 Å². The van der Waals surface area contributed by atoms with Crippen LogP contribution in [0.1, 0.15) is 18.5 Å². The predicted octanol–water partition coefficient (Wildman–Crippen LogP) is 2.88. The Morgan fingerprint density at radius 3 is 2.89 bits per heavy atom. The highest BCUT2D eigenvalue weighted by molar-refractivity contribution is 7.99. The zero-order chi connectivity index (χ0) is 13.8. The molecule has 0 aromatic heterocycles. The molecule has 1 aliphatic heterocycles. The highest BCUT2D eigenvalue weighted by Gasteiger charge is 2.22. The van der Waals surface area contributed by atoms with Crippen molar-refractivity contribution >= 4 is 40.9 Å². The van der Waals surface area contributed by atoms with E-state index in [4.69, 9.17) is 23.2 Å². The van der Waals surface area contributed by atoms with Crippen molar-refractivity contribution in [2.45, 2.75) is 19.0 Å². The maximum Gasteiger partial charge on any atom is 0.238 e. The number of hydrogen-bond donors (Lipinski definition) is 2. The molecule has 1 fully saturated rings. The lowest BCUT2D eigenvalue weighted by atomic mass is 10.1. The van der Waals surface area contributed by atoms with Gasteiger partial charge in [0.15, 0.2) is 0 Å². The van der Waals surface area contributed by atoms with Crippen molar-refractivity contribution in [2.75, 3.05) is 18.1 Å². The highest BCUT2D eigenvalue weighted by Crippen LogP contribution is 2.25. The molecule has 0 aliphatic carbocycles. The smallest absolute Gasteiger partial charge is 0.238 e. The molecule has 104 valence electrons. The van der Waals surface area contributed by atoms with E-state index in [1.807, 2.05) is 13.0 Å². The molecule has 0 saturated carbocycles. The Morgan fingerprint density at radius 1 is 1.47 bits per heavy atom. The van der Waals surface area contributed by atoms with Crippen LogP contribution in [0, 0.1) is 0 Å². The van der Waals surface area contributed by atoms with Crippen LogP contribution in [0.5, 0.6) is 0 Å². The number of benzene rings is 1. The van der Waals surface area contributed by atoms with Gasteiger partial charge in [-0.1, -0.05) is 29.3 Å². The van der Waals surface area contributed by atoms with Gasteiger partial charge in [0.05, 0.1) is 22.1 Å². The van der Waals surface area contributed by atoms with Gasteiger partial charge in [0, 0.05) is 18.1 Å². The standard InChI is InChI=1S/C13H16Cl2N2OS/c1-8(9-2-3-10(14)11(15)6-9)17-13(18)12-7-19-5-4-16-12/h2-3,6,8,12,16H,4-5,7H2,1H3,(H,17,18). The van der Waals surface area contributed by atoms with Crippen LogP contribution in [-0.4, -0.2) is 30.0 Å². The lowest BCUT2D eigenvalue weighted by molar-refractivity contribution is -0.123. The third kappa shape index (κ3) is 4.02. The highest BCUT2D eigenvalue weighted by atomic mass is 35.5. The van der Waals surface area contributed by atoms with Gasteiger partial charge in [0.1, 0.15) is 0 Å². The van der Waals surface area contributed by atoms with E-state index >= 15 is 0 Å². The van der Waals surface area contributed by atoms with Gasteiger partial charge in [-0.05, 0) is 24.6 Å². The molecule has 2 rings (SSSR count). The average Bonchev–Trinajstić information content (AvgIpc) is 2.42. The number of halogens is 2. The Balaban J connectivity index is 1.97. The number of carbonyl (C=O) groups is 1. The Morgan fingerprint density at radius 2 is 2.26 bits per heavy atom. The Kier molecular flexibility index (Phi) is 5.39. The number of amides is 1. The van der Waals surface area contributed by atoms with Crippen LogP contribution < -0.4 is 10.6 Å². The molecular weight excluding hydrogens is 303 g/mol. The quantitative estimate of drug-likeness (QED) is 0.900. The van der Waals surface area contributed by atoms with E-state index in [1.165, 1.54) is 0 Å². The molecule has 1 aliphatic rings. The van der Waals surface area contributed by atoms with Gasteiger partial charge in [-0.3, -0.25) is 4.79 Å². The zero-order valence-corrected chi connectivity index (χ0v) is 12.9. The summed E-state index contributed by atoms with van der Waals surface area (Å²) in [4.78, 5) is 12.1. The molecule has 0 spiro atoms. The normalized spacial score (nSPS) is 20.9. The summed E-state index contributed by atoms with van der Waals surface area (Å²) in [5.74, 6) is 1.91. The predicted molar refractivity (Wildman–Crippen MR) is 82.1 cm³/mol. The summed E-state index contributed by atoms with van der Waals surface area (Å²) >= 11 is 13.7. The average molecular weight is 319 g/mol. The largest absolute Gasteiger partial charge is 0.348 e. The number of thioether (sulfide) groups is 1. The molecule has 0 radical (unpaired) electrons. The fourth-order valence-electron chi connectivity index (χ4n) is 1.91. The van der Waals surface area contributed by atoms with E-state index < -0.39 is 0 Å². The first-order valence-electron chi connectivity index (χ1n) is 6.14. The fraction of sp³-hybridized carbons (Fsp3) is 0.462. The van der Waals surface area contributed by atoms with E-state index in [1.54, 1.807) is 23.9 Å². The molecule has 6 heteroatoms. The van der Waals surface area contributed by atoms with Crippen LogP contribution in [0.25, 0.3) is 0 Å². The van der Waals surface area contributed by atoms with Crippen molar-refractivity contribution in [1.29, 1.82) is 0 Å². The molecule has 1 heterocycles. The topological polar surface area (TPSA) is 41.1 Å². The lowest BCUT2D eigenvalue weighted by Crippen LogP contribution is -2.49. The summed E-state index contributed by atoms with van der Waals surface area (Å²) in [5.41, 5.74) is 0.950. The number of rotatable bonds is 3. The van der Waals surface area contributed by atoms with Crippen LogP contribution in [0.4, 0.5) is 0 Å². The molecule has 1 aromatic carbocycles. The first kappa shape index (κ1) is 15.0. The Hall–Kier alpha value is -0.420. The van der Waals surface area contributed by atoms with Gasteiger partial charge < -0.3 is 10.6 Å². The van der Waals surface area contributed by atoms with Crippen molar-refractivity contribution in [1.82, 2.24) is 10.6 Å². The van der Waals surface area contributed by atoms with Crippen LogP contribution in [-0.2, 0) is 4.79 Å². The summed E-state index contributed by atoms with van der Waals surface area (Å²) in [6.07, 6.45) is 0. The molecule has 1 amide bonds. The second-order valence-corrected chi connectivity index (χ2v) is 6.45. The molecule has 1 saturated heterocycles. The van der Waals surface area contributed by atoms with E-state index in [-0.39, 0.29) is 18.0 Å². The summed E-state index contributed by atoms with van der Waals surface area (Å²) in [6.45, 7) is 2.82.